The van der Waals surface area contributed by atoms with Crippen LogP contribution in [0.2, 0.25) is 0 Å². The van der Waals surface area contributed by atoms with Crippen LogP contribution in [-0.2, 0) is 27.6 Å². The van der Waals surface area contributed by atoms with Crippen LogP contribution in [0.1, 0.15) is 0 Å². The van der Waals surface area contributed by atoms with E-state index in [1.165, 1.54) is 10.8 Å². The molecule has 0 unspecified atom stereocenters. The Kier molecular flexibility index (Phi) is 3.39. The van der Waals surface area contributed by atoms with Crippen LogP contribution in [-0.4, -0.2) is 6.26 Å². The first-order valence-corrected chi connectivity index (χ1v) is 7.37. The lowest BCUT2D eigenvalue weighted by Gasteiger charge is -1.88. The average Bonchev–Trinajstić information content (AvgIpc) is 1.35. The van der Waals surface area contributed by atoms with Gasteiger partial charge in [-0.3, -0.25) is 0 Å². The smallest absolute Gasteiger partial charge is 0.00788 e. The van der Waals surface area contributed by atoms with Gasteiger partial charge in [0.15, 0.2) is 0 Å². The van der Waals surface area contributed by atoms with Gasteiger partial charge in [-0.15, -0.1) is 0 Å². The van der Waals surface area contributed by atoms with E-state index in [-0.39, 0.29) is 0 Å². The molecule has 0 saturated heterocycles. The SMILES string of the molecule is CSS(=S)(=S)S. The van der Waals surface area contributed by atoms with Gasteiger partial charge in [-0.25, -0.2) is 0 Å². The second-order valence-corrected chi connectivity index (χ2v) is 13.0. The summed E-state index contributed by atoms with van der Waals surface area (Å²) in [5, 5.41) is -1.38. The first kappa shape index (κ1) is 7.49. The fraction of sp³-hybridized carbons (Fsp3) is 1.00. The highest BCUT2D eigenvalue weighted by Crippen LogP contribution is 2.12. The van der Waals surface area contributed by atoms with Crippen LogP contribution in [0.25, 0.3) is 0 Å². The predicted octanol–water partition coefficient (Wildman–Crippen LogP) is 1.19. The maximum absolute atomic E-state index is 4.71. The molecule has 0 aliphatic carbocycles. The van der Waals surface area contributed by atoms with Crippen molar-refractivity contribution in [2.75, 3.05) is 6.26 Å². The summed E-state index contributed by atoms with van der Waals surface area (Å²) in [6.07, 6.45) is 1.88. The van der Waals surface area contributed by atoms with Gasteiger partial charge in [-0.2, -0.15) is 0 Å². The number of rotatable bonds is 1. The Morgan fingerprint density at radius 3 is 1.83 bits per heavy atom. The minimum absolute atomic E-state index is 1.38. The third-order valence-electron chi connectivity index (χ3n) is 0.211. The van der Waals surface area contributed by atoms with Crippen molar-refractivity contribution in [2.24, 2.45) is 0 Å². The summed E-state index contributed by atoms with van der Waals surface area (Å²) < 4.78 is 0. The van der Waals surface area contributed by atoms with Gasteiger partial charge >= 0.3 is 0 Å². The molecule has 0 aromatic heterocycles. The lowest BCUT2D eigenvalue weighted by molar-refractivity contribution is 2.55. The highest BCUT2D eigenvalue weighted by atomic mass is 33.8. The van der Waals surface area contributed by atoms with Gasteiger partial charge in [0.1, 0.15) is 0 Å². The highest BCUT2D eigenvalue weighted by molar-refractivity contribution is 9.21. The third kappa shape index (κ3) is 5.49. The topological polar surface area (TPSA) is 0 Å². The van der Waals surface area contributed by atoms with Gasteiger partial charge in [-0.1, -0.05) is 22.5 Å². The van der Waals surface area contributed by atoms with E-state index >= 15 is 0 Å². The fourth-order valence-electron chi connectivity index (χ4n) is 0. The van der Waals surface area contributed by atoms with Crippen LogP contribution in [0.4, 0.5) is 0 Å². The maximum atomic E-state index is 4.71. The van der Waals surface area contributed by atoms with Crippen molar-refractivity contribution in [3.05, 3.63) is 0 Å². The number of hydrogen-bond donors (Lipinski definition) is 1. The molecule has 0 N–H and O–H groups in total. The molecule has 0 bridgehead atoms. The van der Waals surface area contributed by atoms with Crippen molar-refractivity contribution < 1.29 is 0 Å². The molecule has 0 aliphatic heterocycles. The molecule has 0 heterocycles. The molecule has 0 aliphatic rings. The molecule has 38 valence electrons. The van der Waals surface area contributed by atoms with Crippen molar-refractivity contribution in [1.82, 2.24) is 0 Å². The van der Waals surface area contributed by atoms with Crippen molar-refractivity contribution in [1.29, 1.82) is 0 Å². The molecule has 5 heteroatoms. The van der Waals surface area contributed by atoms with Crippen LogP contribution in [0.3, 0.4) is 0 Å². The summed E-state index contributed by atoms with van der Waals surface area (Å²) in [5.41, 5.74) is 0. The standard InChI is InChI=1S/CH4S5/c1-5-6(2,3)4/h1H3,(H,2,3,4). The Bertz CT molecular complexity index is 106. The summed E-state index contributed by atoms with van der Waals surface area (Å²) in [6, 6.07) is 0. The molecular weight excluding hydrogens is 172 g/mol. The summed E-state index contributed by atoms with van der Waals surface area (Å²) in [5.74, 6) is 0. The minimum atomic E-state index is -1.38. The molecular formula is CH4S5. The van der Waals surface area contributed by atoms with Crippen LogP contribution in [0.15, 0.2) is 0 Å². The Morgan fingerprint density at radius 2 is 1.83 bits per heavy atom. The first-order valence-electron chi connectivity index (χ1n) is 1.09. The molecule has 0 radical (unpaired) electrons. The van der Waals surface area contributed by atoms with Crippen LogP contribution in [0.5, 0.6) is 0 Å². The Morgan fingerprint density at radius 1 is 1.67 bits per heavy atom. The molecule has 0 saturated carbocycles. The maximum Gasteiger partial charge on any atom is 0.00788 e. The molecule has 0 amide bonds. The van der Waals surface area contributed by atoms with Gasteiger partial charge in [-0.05, 0) is 28.6 Å². The summed E-state index contributed by atoms with van der Waals surface area (Å²) in [4.78, 5) is 0. The van der Waals surface area contributed by atoms with E-state index in [4.69, 9.17) is 22.4 Å². The molecule has 0 aromatic rings. The molecule has 0 aromatic carbocycles. The molecule has 0 nitrogen and oxygen atoms in total. The Labute approximate surface area is 56.1 Å². The van der Waals surface area contributed by atoms with Gasteiger partial charge in [0.2, 0.25) is 0 Å². The van der Waals surface area contributed by atoms with E-state index in [2.05, 4.69) is 11.7 Å². The summed E-state index contributed by atoms with van der Waals surface area (Å²) in [7, 11) is 1.46. The Balaban J connectivity index is 3.85. The van der Waals surface area contributed by atoms with Crippen LogP contribution >= 0.6 is 22.5 Å². The fourth-order valence-corrected chi connectivity index (χ4v) is 0. The first-order chi connectivity index (χ1) is 2.56. The molecule has 6 heavy (non-hydrogen) atoms. The number of hydrogen-bond acceptors (Lipinski definition) is 3. The second-order valence-electron chi connectivity index (χ2n) is 0.594. The van der Waals surface area contributed by atoms with Gasteiger partial charge in [0.05, 0.1) is 0 Å². The largest absolute Gasteiger partial charge is 0.0930 e. The van der Waals surface area contributed by atoms with Crippen LogP contribution < -0.4 is 0 Å². The van der Waals surface area contributed by atoms with E-state index in [9.17, 15) is 0 Å². The van der Waals surface area contributed by atoms with Crippen LogP contribution in [0, 0.1) is 0 Å². The van der Waals surface area contributed by atoms with E-state index < -0.39 is 5.21 Å². The van der Waals surface area contributed by atoms with E-state index in [1.807, 2.05) is 6.26 Å². The zero-order valence-electron chi connectivity index (χ0n) is 3.08. The zero-order valence-corrected chi connectivity index (χ0v) is 7.24. The Hall–Kier alpha value is 1.49. The normalized spacial score (nSPS) is 11.7. The lowest BCUT2D eigenvalue weighted by atomic mass is 12.0. The summed E-state index contributed by atoms with van der Waals surface area (Å²) >= 11 is 13.4. The molecule has 0 rings (SSSR count). The quantitative estimate of drug-likeness (QED) is 0.471. The average molecular weight is 176 g/mol. The van der Waals surface area contributed by atoms with Crippen molar-refractivity contribution in [3.63, 3.8) is 0 Å². The minimum Gasteiger partial charge on any atom is -0.0930 e. The van der Waals surface area contributed by atoms with Gasteiger partial charge < -0.3 is 0 Å². The van der Waals surface area contributed by atoms with E-state index in [1.54, 1.807) is 0 Å². The summed E-state index contributed by atoms with van der Waals surface area (Å²) in [6.45, 7) is 0. The molecule has 0 spiro atoms. The van der Waals surface area contributed by atoms with Crippen molar-refractivity contribution in [2.45, 2.75) is 0 Å². The third-order valence-corrected chi connectivity index (χ3v) is 5.69. The van der Waals surface area contributed by atoms with E-state index in [0.717, 1.165) is 0 Å². The second kappa shape index (κ2) is 2.71. The van der Waals surface area contributed by atoms with Crippen molar-refractivity contribution in [3.8, 4) is 0 Å². The monoisotopic (exact) mass is 176 g/mol. The predicted molar refractivity (Wildman–Crippen MR) is 44.6 cm³/mol. The number of thiol groups is 1. The van der Waals surface area contributed by atoms with E-state index in [0.29, 0.717) is 0 Å². The molecule has 0 atom stereocenters. The van der Waals surface area contributed by atoms with Crippen molar-refractivity contribution >= 4 is 50.0 Å². The van der Waals surface area contributed by atoms with Gasteiger partial charge in [0.25, 0.3) is 0 Å². The van der Waals surface area contributed by atoms with Gasteiger partial charge in [0, 0.05) is 5.21 Å². The molecule has 0 fully saturated rings. The highest BCUT2D eigenvalue weighted by Gasteiger charge is 1.82. The zero-order chi connectivity index (χ0) is 5.21. The lowest BCUT2D eigenvalue weighted by Crippen LogP contribution is -1.66.